The van der Waals surface area contributed by atoms with Gasteiger partial charge in [0.2, 0.25) is 0 Å². The first-order valence-corrected chi connectivity index (χ1v) is 6.80. The summed E-state index contributed by atoms with van der Waals surface area (Å²) in [6.45, 7) is 1.58. The first-order valence-electron chi connectivity index (χ1n) is 5.38. The van der Waals surface area contributed by atoms with Crippen LogP contribution >= 0.6 is 23.4 Å². The van der Waals surface area contributed by atoms with E-state index in [1.54, 1.807) is 19.2 Å². The van der Waals surface area contributed by atoms with Gasteiger partial charge >= 0.3 is 6.18 Å². The molecule has 1 aliphatic rings. The van der Waals surface area contributed by atoms with Crippen molar-refractivity contribution in [3.05, 3.63) is 35.8 Å². The lowest BCUT2D eigenvalue weighted by Crippen LogP contribution is -2.32. The molecule has 1 unspecified atom stereocenters. The van der Waals surface area contributed by atoms with Gasteiger partial charge < -0.3 is 4.90 Å². The molecule has 7 heteroatoms. The SMILES string of the molecule is Cc1cc(F)c(N2C=CC2Cl)cc1SCC(F)(F)F. The number of hydrogen-bond donors (Lipinski definition) is 0. The molecule has 0 aromatic heterocycles. The Morgan fingerprint density at radius 3 is 2.53 bits per heavy atom. The summed E-state index contributed by atoms with van der Waals surface area (Å²) >= 11 is 6.49. The average Bonchev–Trinajstić information content (AvgIpc) is 2.27. The van der Waals surface area contributed by atoms with E-state index >= 15 is 0 Å². The summed E-state index contributed by atoms with van der Waals surface area (Å²) < 4.78 is 50.4. The highest BCUT2D eigenvalue weighted by Crippen LogP contribution is 2.36. The molecule has 19 heavy (non-hydrogen) atoms. The Kier molecular flexibility index (Phi) is 4.01. The highest BCUT2D eigenvalue weighted by atomic mass is 35.5. The number of aryl methyl sites for hydroxylation is 1. The monoisotopic (exact) mass is 311 g/mol. The van der Waals surface area contributed by atoms with Crippen molar-refractivity contribution in [2.24, 2.45) is 0 Å². The fraction of sp³-hybridized carbons (Fsp3) is 0.333. The van der Waals surface area contributed by atoms with Crippen molar-refractivity contribution in [3.63, 3.8) is 0 Å². The molecule has 0 N–H and O–H groups in total. The van der Waals surface area contributed by atoms with Gasteiger partial charge in [-0.1, -0.05) is 11.6 Å². The molecule has 0 amide bonds. The van der Waals surface area contributed by atoms with E-state index < -0.39 is 23.2 Å². The lowest BCUT2D eigenvalue weighted by atomic mass is 10.2. The molecule has 1 heterocycles. The van der Waals surface area contributed by atoms with Crippen LogP contribution in [0.4, 0.5) is 23.2 Å². The fourth-order valence-electron chi connectivity index (χ4n) is 1.61. The predicted molar refractivity (Wildman–Crippen MR) is 69.2 cm³/mol. The van der Waals surface area contributed by atoms with Crippen LogP contribution in [-0.2, 0) is 0 Å². The normalized spacial score (nSPS) is 18.6. The van der Waals surface area contributed by atoms with Crippen molar-refractivity contribution >= 4 is 29.1 Å². The summed E-state index contributed by atoms with van der Waals surface area (Å²) in [5, 5.41) is 0. The number of rotatable bonds is 3. The Hall–Kier alpha value is -0.880. The number of alkyl halides is 4. The van der Waals surface area contributed by atoms with Crippen molar-refractivity contribution in [1.29, 1.82) is 0 Å². The van der Waals surface area contributed by atoms with E-state index in [1.807, 2.05) is 0 Å². The smallest absolute Gasteiger partial charge is 0.325 e. The maximum atomic E-state index is 13.8. The van der Waals surface area contributed by atoms with Crippen molar-refractivity contribution in [1.82, 2.24) is 0 Å². The molecule has 104 valence electrons. The summed E-state index contributed by atoms with van der Waals surface area (Å²) in [6.07, 6.45) is -1.01. The number of thioether (sulfide) groups is 1. The molecule has 0 fully saturated rings. The van der Waals surface area contributed by atoms with Crippen LogP contribution in [0.5, 0.6) is 0 Å². The Morgan fingerprint density at radius 2 is 2.05 bits per heavy atom. The molecule has 1 aliphatic heterocycles. The second kappa shape index (κ2) is 5.25. The van der Waals surface area contributed by atoms with Gasteiger partial charge in [-0.3, -0.25) is 0 Å². The maximum Gasteiger partial charge on any atom is 0.398 e. The van der Waals surface area contributed by atoms with Gasteiger partial charge in [0.05, 0.1) is 11.4 Å². The number of nitrogens with zero attached hydrogens (tertiary/aromatic N) is 1. The molecular weight excluding hydrogens is 302 g/mol. The molecule has 1 aromatic carbocycles. The topological polar surface area (TPSA) is 3.24 Å². The molecule has 0 saturated heterocycles. The van der Waals surface area contributed by atoms with Crippen LogP contribution in [0.1, 0.15) is 5.56 Å². The van der Waals surface area contributed by atoms with E-state index in [-0.39, 0.29) is 5.69 Å². The highest BCUT2D eigenvalue weighted by Gasteiger charge is 2.28. The minimum absolute atomic E-state index is 0.192. The van der Waals surface area contributed by atoms with Gasteiger partial charge in [0.15, 0.2) is 0 Å². The fourth-order valence-corrected chi connectivity index (χ4v) is 2.64. The molecule has 1 nitrogen and oxygen atoms in total. The Bertz CT molecular complexity index is 515. The summed E-state index contributed by atoms with van der Waals surface area (Å²) in [5.74, 6) is -1.50. The summed E-state index contributed by atoms with van der Waals surface area (Å²) in [6, 6.07) is 2.63. The second-order valence-electron chi connectivity index (χ2n) is 4.09. The van der Waals surface area contributed by atoms with Crippen molar-refractivity contribution in [3.8, 4) is 0 Å². The second-order valence-corrected chi connectivity index (χ2v) is 5.56. The van der Waals surface area contributed by atoms with Crippen LogP contribution in [0.15, 0.2) is 29.3 Å². The Balaban J connectivity index is 2.24. The van der Waals surface area contributed by atoms with Crippen LogP contribution in [0.25, 0.3) is 0 Å². The van der Waals surface area contributed by atoms with E-state index in [2.05, 4.69) is 0 Å². The summed E-state index contributed by atoms with van der Waals surface area (Å²) in [4.78, 5) is 1.87. The molecule has 0 spiro atoms. The molecular formula is C12H10ClF4NS. The Labute approximate surface area is 117 Å². The van der Waals surface area contributed by atoms with Crippen LogP contribution in [0.3, 0.4) is 0 Å². The van der Waals surface area contributed by atoms with Crippen molar-refractivity contribution in [2.75, 3.05) is 10.7 Å². The Morgan fingerprint density at radius 1 is 1.37 bits per heavy atom. The van der Waals surface area contributed by atoms with Crippen LogP contribution in [0, 0.1) is 12.7 Å². The molecule has 1 atom stereocenters. The third kappa shape index (κ3) is 3.36. The van der Waals surface area contributed by atoms with Crippen LogP contribution < -0.4 is 4.90 Å². The van der Waals surface area contributed by atoms with Crippen LogP contribution in [-0.4, -0.2) is 17.4 Å². The summed E-state index contributed by atoms with van der Waals surface area (Å²) in [5.41, 5.74) is 0.210. The highest BCUT2D eigenvalue weighted by molar-refractivity contribution is 7.99. The molecule has 0 bridgehead atoms. The zero-order chi connectivity index (χ0) is 14.2. The predicted octanol–water partition coefficient (Wildman–Crippen LogP) is 4.69. The third-order valence-corrected chi connectivity index (χ3v) is 4.16. The van der Waals surface area contributed by atoms with E-state index in [1.165, 1.54) is 17.0 Å². The quantitative estimate of drug-likeness (QED) is 0.345. The lowest BCUT2D eigenvalue weighted by molar-refractivity contribution is -0.105. The van der Waals surface area contributed by atoms with Gasteiger partial charge in [0.1, 0.15) is 11.3 Å². The standard InChI is InChI=1S/C12H10ClF4NS/c1-7-4-8(14)9(18-3-2-11(18)13)5-10(7)19-6-12(15,16)17/h2-5,11H,6H2,1H3. The molecule has 2 rings (SSSR count). The minimum Gasteiger partial charge on any atom is -0.325 e. The van der Waals surface area contributed by atoms with E-state index in [9.17, 15) is 17.6 Å². The first kappa shape index (κ1) is 14.5. The van der Waals surface area contributed by atoms with E-state index in [0.29, 0.717) is 22.2 Å². The summed E-state index contributed by atoms with van der Waals surface area (Å²) in [7, 11) is 0. The van der Waals surface area contributed by atoms with Gasteiger partial charge in [-0.05, 0) is 30.7 Å². The first-order chi connectivity index (χ1) is 8.78. The number of benzene rings is 1. The molecule has 0 aliphatic carbocycles. The van der Waals surface area contributed by atoms with E-state index in [4.69, 9.17) is 11.6 Å². The van der Waals surface area contributed by atoms with E-state index in [0.717, 1.165) is 0 Å². The van der Waals surface area contributed by atoms with Gasteiger partial charge in [-0.25, -0.2) is 4.39 Å². The lowest BCUT2D eigenvalue weighted by Gasteiger charge is -2.31. The minimum atomic E-state index is -4.25. The van der Waals surface area contributed by atoms with Crippen molar-refractivity contribution < 1.29 is 17.6 Å². The average molecular weight is 312 g/mol. The largest absolute Gasteiger partial charge is 0.398 e. The number of halogens is 5. The third-order valence-electron chi connectivity index (χ3n) is 2.59. The number of anilines is 1. The number of hydrogen-bond acceptors (Lipinski definition) is 2. The van der Waals surface area contributed by atoms with Gasteiger partial charge in [0, 0.05) is 11.1 Å². The maximum absolute atomic E-state index is 13.8. The zero-order valence-electron chi connectivity index (χ0n) is 9.84. The van der Waals surface area contributed by atoms with Crippen LogP contribution in [0.2, 0.25) is 0 Å². The molecule has 0 radical (unpaired) electrons. The molecule has 1 aromatic rings. The zero-order valence-corrected chi connectivity index (χ0v) is 11.4. The van der Waals surface area contributed by atoms with Gasteiger partial charge in [-0.2, -0.15) is 13.2 Å². The van der Waals surface area contributed by atoms with Gasteiger partial charge in [-0.15, -0.1) is 11.8 Å². The molecule has 0 saturated carbocycles. The van der Waals surface area contributed by atoms with Gasteiger partial charge in [0.25, 0.3) is 0 Å². The van der Waals surface area contributed by atoms with Crippen molar-refractivity contribution in [2.45, 2.75) is 23.5 Å².